The van der Waals surface area contributed by atoms with Crippen LogP contribution >= 0.6 is 0 Å². The molecule has 0 spiro atoms. The fourth-order valence-electron chi connectivity index (χ4n) is 3.47. The summed E-state index contributed by atoms with van der Waals surface area (Å²) >= 11 is 0. The van der Waals surface area contributed by atoms with Gasteiger partial charge in [-0.05, 0) is 33.1 Å². The molecule has 0 aliphatic carbocycles. The topological polar surface area (TPSA) is 26.8 Å². The van der Waals surface area contributed by atoms with E-state index in [0.29, 0.717) is 18.0 Å². The number of amides is 1. The number of piperazine rings is 1. The van der Waals surface area contributed by atoms with Crippen molar-refractivity contribution in [3.8, 4) is 0 Å². The van der Waals surface area contributed by atoms with Gasteiger partial charge in [-0.15, -0.1) is 0 Å². The summed E-state index contributed by atoms with van der Waals surface area (Å²) in [6.07, 6.45) is 4.02. The summed E-state index contributed by atoms with van der Waals surface area (Å²) in [5.41, 5.74) is 0. The van der Waals surface area contributed by atoms with Crippen LogP contribution in [0.4, 0.5) is 0 Å². The maximum absolute atomic E-state index is 11.9. The van der Waals surface area contributed by atoms with Gasteiger partial charge in [0, 0.05) is 57.8 Å². The molecule has 4 nitrogen and oxygen atoms in total. The maximum atomic E-state index is 11.9. The molecule has 0 aromatic heterocycles. The Hall–Kier alpha value is -0.610. The minimum Gasteiger partial charge on any atom is -0.343 e. The van der Waals surface area contributed by atoms with E-state index >= 15 is 0 Å². The molecular formula is C16H31N3O. The van der Waals surface area contributed by atoms with E-state index in [0.717, 1.165) is 38.8 Å². The van der Waals surface area contributed by atoms with Crippen LogP contribution in [0.2, 0.25) is 0 Å². The second kappa shape index (κ2) is 7.41. The van der Waals surface area contributed by atoms with E-state index in [-0.39, 0.29) is 0 Å². The molecule has 2 heterocycles. The van der Waals surface area contributed by atoms with Gasteiger partial charge in [0.25, 0.3) is 0 Å². The zero-order valence-corrected chi connectivity index (χ0v) is 13.5. The van der Waals surface area contributed by atoms with Crippen LogP contribution in [0.1, 0.15) is 46.5 Å². The SMILES string of the molecule is CCCC(=O)N1CCC(N2CCN(C(C)C)CC2)CC1. The summed E-state index contributed by atoms with van der Waals surface area (Å²) < 4.78 is 0. The van der Waals surface area contributed by atoms with Crippen molar-refractivity contribution in [2.24, 2.45) is 0 Å². The third-order valence-electron chi connectivity index (χ3n) is 4.88. The first-order chi connectivity index (χ1) is 9.61. The Morgan fingerprint density at radius 1 is 1.05 bits per heavy atom. The van der Waals surface area contributed by atoms with E-state index in [1.165, 1.54) is 26.2 Å². The van der Waals surface area contributed by atoms with Crippen LogP contribution in [-0.4, -0.2) is 72.0 Å². The molecule has 0 N–H and O–H groups in total. The van der Waals surface area contributed by atoms with Gasteiger partial charge < -0.3 is 4.90 Å². The molecule has 2 fully saturated rings. The Balaban J connectivity index is 1.73. The first-order valence-corrected chi connectivity index (χ1v) is 8.37. The lowest BCUT2D eigenvalue weighted by atomic mass is 10.0. The van der Waals surface area contributed by atoms with E-state index in [9.17, 15) is 4.79 Å². The lowest BCUT2D eigenvalue weighted by Crippen LogP contribution is -2.54. The van der Waals surface area contributed by atoms with Crippen LogP contribution in [-0.2, 0) is 4.79 Å². The fourth-order valence-corrected chi connectivity index (χ4v) is 3.47. The number of hydrogen-bond donors (Lipinski definition) is 0. The van der Waals surface area contributed by atoms with Crippen LogP contribution in [0.5, 0.6) is 0 Å². The third-order valence-corrected chi connectivity index (χ3v) is 4.88. The molecule has 20 heavy (non-hydrogen) atoms. The van der Waals surface area contributed by atoms with Gasteiger partial charge in [0.1, 0.15) is 0 Å². The largest absolute Gasteiger partial charge is 0.343 e. The molecule has 2 aliphatic rings. The van der Waals surface area contributed by atoms with E-state index in [1.54, 1.807) is 0 Å². The number of carbonyl (C=O) groups is 1. The number of hydrogen-bond acceptors (Lipinski definition) is 3. The first-order valence-electron chi connectivity index (χ1n) is 8.37. The lowest BCUT2D eigenvalue weighted by molar-refractivity contribution is -0.132. The molecule has 0 radical (unpaired) electrons. The summed E-state index contributed by atoms with van der Waals surface area (Å²) in [5.74, 6) is 0.357. The number of likely N-dealkylation sites (tertiary alicyclic amines) is 1. The number of rotatable bonds is 4. The van der Waals surface area contributed by atoms with Crippen molar-refractivity contribution in [2.75, 3.05) is 39.3 Å². The molecule has 1 amide bonds. The minimum absolute atomic E-state index is 0.357. The van der Waals surface area contributed by atoms with E-state index in [1.807, 2.05) is 0 Å². The summed E-state index contributed by atoms with van der Waals surface area (Å²) in [5, 5.41) is 0. The monoisotopic (exact) mass is 281 g/mol. The Bertz CT molecular complexity index is 303. The number of carbonyl (C=O) groups excluding carboxylic acids is 1. The smallest absolute Gasteiger partial charge is 0.222 e. The molecule has 2 rings (SSSR count). The maximum Gasteiger partial charge on any atom is 0.222 e. The fraction of sp³-hybridized carbons (Fsp3) is 0.938. The molecule has 0 atom stereocenters. The second-order valence-electron chi connectivity index (χ2n) is 6.53. The van der Waals surface area contributed by atoms with Crippen molar-refractivity contribution < 1.29 is 4.79 Å². The standard InChI is InChI=1S/C16H31N3O/c1-4-5-16(20)19-8-6-15(7-9-19)18-12-10-17(11-13-18)14(2)3/h14-15H,4-13H2,1-3H3. The van der Waals surface area contributed by atoms with Crippen LogP contribution in [0, 0.1) is 0 Å². The Morgan fingerprint density at radius 2 is 1.65 bits per heavy atom. The Labute approximate surface area is 124 Å². The average Bonchev–Trinajstić information content (AvgIpc) is 2.48. The normalized spacial score (nSPS) is 23.5. The minimum atomic E-state index is 0.357. The van der Waals surface area contributed by atoms with Gasteiger partial charge in [0.2, 0.25) is 5.91 Å². The van der Waals surface area contributed by atoms with Gasteiger partial charge in [-0.25, -0.2) is 0 Å². The van der Waals surface area contributed by atoms with E-state index in [2.05, 4.69) is 35.5 Å². The van der Waals surface area contributed by atoms with Crippen LogP contribution in [0.3, 0.4) is 0 Å². The van der Waals surface area contributed by atoms with Crippen LogP contribution in [0.25, 0.3) is 0 Å². The van der Waals surface area contributed by atoms with Gasteiger partial charge in [0.15, 0.2) is 0 Å². The molecule has 2 saturated heterocycles. The lowest BCUT2D eigenvalue weighted by Gasteiger charge is -2.43. The predicted octanol–water partition coefficient (Wildman–Crippen LogP) is 1.80. The molecule has 0 bridgehead atoms. The summed E-state index contributed by atoms with van der Waals surface area (Å²) in [4.78, 5) is 19.2. The van der Waals surface area contributed by atoms with Crippen molar-refractivity contribution >= 4 is 5.91 Å². The average molecular weight is 281 g/mol. The molecule has 0 unspecified atom stereocenters. The molecule has 2 aliphatic heterocycles. The van der Waals surface area contributed by atoms with Gasteiger partial charge in [0.05, 0.1) is 0 Å². The third kappa shape index (κ3) is 3.95. The van der Waals surface area contributed by atoms with E-state index in [4.69, 9.17) is 0 Å². The highest BCUT2D eigenvalue weighted by molar-refractivity contribution is 5.76. The van der Waals surface area contributed by atoms with Crippen LogP contribution < -0.4 is 0 Å². The molecule has 0 aromatic carbocycles. The molecule has 0 aromatic rings. The Kier molecular flexibility index (Phi) is 5.85. The summed E-state index contributed by atoms with van der Waals surface area (Å²) in [6, 6.07) is 1.38. The Morgan fingerprint density at radius 3 is 2.15 bits per heavy atom. The molecule has 116 valence electrons. The van der Waals surface area contributed by atoms with Crippen LogP contribution in [0.15, 0.2) is 0 Å². The highest BCUT2D eigenvalue weighted by Gasteiger charge is 2.29. The van der Waals surface area contributed by atoms with Crippen molar-refractivity contribution in [1.82, 2.24) is 14.7 Å². The van der Waals surface area contributed by atoms with Crippen molar-refractivity contribution in [1.29, 1.82) is 0 Å². The molecular weight excluding hydrogens is 250 g/mol. The van der Waals surface area contributed by atoms with E-state index < -0.39 is 0 Å². The molecule has 0 saturated carbocycles. The molecule has 4 heteroatoms. The van der Waals surface area contributed by atoms with Gasteiger partial charge in [-0.2, -0.15) is 0 Å². The quantitative estimate of drug-likeness (QED) is 0.786. The van der Waals surface area contributed by atoms with Gasteiger partial charge in [-0.1, -0.05) is 6.92 Å². The summed E-state index contributed by atoms with van der Waals surface area (Å²) in [6.45, 7) is 13.4. The van der Waals surface area contributed by atoms with Gasteiger partial charge >= 0.3 is 0 Å². The first kappa shape index (κ1) is 15.8. The second-order valence-corrected chi connectivity index (χ2v) is 6.53. The van der Waals surface area contributed by atoms with Crippen molar-refractivity contribution in [2.45, 2.75) is 58.5 Å². The highest BCUT2D eigenvalue weighted by atomic mass is 16.2. The van der Waals surface area contributed by atoms with Crippen molar-refractivity contribution in [3.05, 3.63) is 0 Å². The zero-order valence-electron chi connectivity index (χ0n) is 13.5. The number of nitrogens with zero attached hydrogens (tertiary/aromatic N) is 3. The van der Waals surface area contributed by atoms with Crippen molar-refractivity contribution in [3.63, 3.8) is 0 Å². The zero-order chi connectivity index (χ0) is 14.5. The predicted molar refractivity (Wildman–Crippen MR) is 82.8 cm³/mol. The highest BCUT2D eigenvalue weighted by Crippen LogP contribution is 2.19. The van der Waals surface area contributed by atoms with Gasteiger partial charge in [-0.3, -0.25) is 14.6 Å². The summed E-state index contributed by atoms with van der Waals surface area (Å²) in [7, 11) is 0. The number of piperidine rings is 1.